The van der Waals surface area contributed by atoms with Gasteiger partial charge in [-0.05, 0) is 63.8 Å². The number of aromatic nitrogens is 2. The van der Waals surface area contributed by atoms with Crippen molar-refractivity contribution >= 4 is 5.91 Å². The minimum atomic E-state index is -0.197. The Morgan fingerprint density at radius 1 is 1.19 bits per heavy atom. The summed E-state index contributed by atoms with van der Waals surface area (Å²) in [5.41, 5.74) is 4.96. The maximum Gasteiger partial charge on any atom is 0.272 e. The van der Waals surface area contributed by atoms with Crippen molar-refractivity contribution in [3.05, 3.63) is 70.4 Å². The van der Waals surface area contributed by atoms with Gasteiger partial charge >= 0.3 is 0 Å². The van der Waals surface area contributed by atoms with Crippen LogP contribution >= 0.6 is 0 Å². The molecule has 1 aromatic carbocycles. The van der Waals surface area contributed by atoms with Crippen LogP contribution in [0.25, 0.3) is 5.69 Å². The molecule has 1 N–H and O–H groups in total. The number of nitrogens with zero attached hydrogens (tertiary/aromatic N) is 2. The van der Waals surface area contributed by atoms with Crippen molar-refractivity contribution in [2.24, 2.45) is 0 Å². The molecule has 0 saturated carbocycles. The zero-order valence-corrected chi connectivity index (χ0v) is 15.4. The fourth-order valence-electron chi connectivity index (χ4n) is 3.64. The van der Waals surface area contributed by atoms with E-state index in [9.17, 15) is 4.79 Å². The van der Waals surface area contributed by atoms with Gasteiger partial charge in [0.15, 0.2) is 5.69 Å². The van der Waals surface area contributed by atoms with Crippen molar-refractivity contribution in [1.82, 2.24) is 15.1 Å². The van der Waals surface area contributed by atoms with Crippen molar-refractivity contribution in [2.75, 3.05) is 0 Å². The highest BCUT2D eigenvalue weighted by molar-refractivity contribution is 5.94. The molecule has 134 valence electrons. The molecule has 3 aromatic rings. The molecule has 1 atom stereocenters. The number of carbonyl (C=O) groups is 1. The number of aryl methyl sites for hydroxylation is 2. The van der Waals surface area contributed by atoms with Gasteiger partial charge in [-0.25, -0.2) is 4.68 Å². The fraction of sp³-hybridized carbons (Fsp3) is 0.333. The van der Waals surface area contributed by atoms with E-state index in [1.807, 2.05) is 42.8 Å². The third-order valence-electron chi connectivity index (χ3n) is 5.02. The highest BCUT2D eigenvalue weighted by Crippen LogP contribution is 2.29. The molecule has 1 amide bonds. The first kappa shape index (κ1) is 16.6. The smallest absolute Gasteiger partial charge is 0.272 e. The van der Waals surface area contributed by atoms with Crippen molar-refractivity contribution < 1.29 is 9.21 Å². The summed E-state index contributed by atoms with van der Waals surface area (Å²) in [6, 6.07) is 11.8. The molecule has 2 heterocycles. The second-order valence-corrected chi connectivity index (χ2v) is 6.97. The van der Waals surface area contributed by atoms with Gasteiger partial charge in [-0.1, -0.05) is 18.2 Å². The van der Waals surface area contributed by atoms with Gasteiger partial charge < -0.3 is 9.73 Å². The molecule has 26 heavy (non-hydrogen) atoms. The van der Waals surface area contributed by atoms with E-state index in [-0.39, 0.29) is 11.9 Å². The number of hydrogen-bond donors (Lipinski definition) is 1. The van der Waals surface area contributed by atoms with Gasteiger partial charge in [0.1, 0.15) is 11.5 Å². The SMILES string of the molecule is Cc1ccc(C(C)NC(=O)c2nn(-c3ccccc3C)c3c2CCC3)o1. The zero-order chi connectivity index (χ0) is 18.3. The summed E-state index contributed by atoms with van der Waals surface area (Å²) in [7, 11) is 0. The number of nitrogens with one attached hydrogen (secondary N) is 1. The molecule has 0 aliphatic heterocycles. The maximum atomic E-state index is 12.9. The van der Waals surface area contributed by atoms with Gasteiger partial charge in [0.2, 0.25) is 0 Å². The van der Waals surface area contributed by atoms with E-state index < -0.39 is 0 Å². The van der Waals surface area contributed by atoms with Crippen LogP contribution in [0.2, 0.25) is 0 Å². The summed E-state index contributed by atoms with van der Waals surface area (Å²) >= 11 is 0. The second-order valence-electron chi connectivity index (χ2n) is 6.97. The van der Waals surface area contributed by atoms with Crippen LogP contribution in [0, 0.1) is 13.8 Å². The number of carbonyl (C=O) groups excluding carboxylic acids is 1. The standard InChI is InChI=1S/C21H23N3O2/c1-13-7-4-5-9-17(13)24-18-10-6-8-16(18)20(23-24)21(25)22-15(3)19-12-11-14(2)26-19/h4-5,7,9,11-12,15H,6,8,10H2,1-3H3,(H,22,25). The van der Waals surface area contributed by atoms with Crippen molar-refractivity contribution in [1.29, 1.82) is 0 Å². The molecule has 1 aliphatic carbocycles. The Morgan fingerprint density at radius 3 is 2.73 bits per heavy atom. The van der Waals surface area contributed by atoms with E-state index in [1.54, 1.807) is 0 Å². The summed E-state index contributed by atoms with van der Waals surface area (Å²) in [5, 5.41) is 7.72. The van der Waals surface area contributed by atoms with Gasteiger partial charge in [0, 0.05) is 11.3 Å². The third kappa shape index (κ3) is 2.83. The largest absolute Gasteiger partial charge is 0.464 e. The van der Waals surface area contributed by atoms with Gasteiger partial charge in [-0.3, -0.25) is 4.79 Å². The molecule has 2 aromatic heterocycles. The third-order valence-corrected chi connectivity index (χ3v) is 5.02. The monoisotopic (exact) mass is 349 g/mol. The Bertz CT molecular complexity index is 968. The number of benzene rings is 1. The van der Waals surface area contributed by atoms with Gasteiger partial charge in [0.25, 0.3) is 5.91 Å². The average molecular weight is 349 g/mol. The van der Waals surface area contributed by atoms with Crippen LogP contribution in [-0.2, 0) is 12.8 Å². The lowest BCUT2D eigenvalue weighted by atomic mass is 10.1. The Morgan fingerprint density at radius 2 is 2.00 bits per heavy atom. The Balaban J connectivity index is 1.66. The van der Waals surface area contributed by atoms with E-state index in [0.29, 0.717) is 5.69 Å². The first-order chi connectivity index (χ1) is 12.5. The molecular weight excluding hydrogens is 326 g/mol. The second kappa shape index (κ2) is 6.48. The summed E-state index contributed by atoms with van der Waals surface area (Å²) in [6.45, 7) is 5.89. The molecule has 0 saturated heterocycles. The van der Waals surface area contributed by atoms with Crippen LogP contribution in [0.15, 0.2) is 40.8 Å². The van der Waals surface area contributed by atoms with E-state index >= 15 is 0 Å². The highest BCUT2D eigenvalue weighted by atomic mass is 16.3. The lowest BCUT2D eigenvalue weighted by Crippen LogP contribution is -2.27. The number of furan rings is 1. The van der Waals surface area contributed by atoms with Gasteiger partial charge in [0.05, 0.1) is 11.7 Å². The molecule has 0 fully saturated rings. The molecule has 1 unspecified atom stereocenters. The van der Waals surface area contributed by atoms with E-state index in [0.717, 1.165) is 53.3 Å². The molecule has 0 radical (unpaired) electrons. The van der Waals surface area contributed by atoms with Crippen molar-refractivity contribution in [3.63, 3.8) is 0 Å². The minimum Gasteiger partial charge on any atom is -0.464 e. The van der Waals surface area contributed by atoms with Gasteiger partial charge in [-0.2, -0.15) is 5.10 Å². The number of rotatable bonds is 4. The van der Waals surface area contributed by atoms with Crippen molar-refractivity contribution in [2.45, 2.75) is 46.1 Å². The van der Waals surface area contributed by atoms with Crippen LogP contribution in [0.1, 0.15) is 58.2 Å². The summed E-state index contributed by atoms with van der Waals surface area (Å²) in [4.78, 5) is 12.9. The zero-order valence-electron chi connectivity index (χ0n) is 15.4. The summed E-state index contributed by atoms with van der Waals surface area (Å²) < 4.78 is 7.58. The Labute approximate surface area is 153 Å². The number of hydrogen-bond acceptors (Lipinski definition) is 3. The van der Waals surface area contributed by atoms with E-state index in [4.69, 9.17) is 4.42 Å². The quantitative estimate of drug-likeness (QED) is 0.773. The van der Waals surface area contributed by atoms with Gasteiger partial charge in [-0.15, -0.1) is 0 Å². The molecular formula is C21H23N3O2. The lowest BCUT2D eigenvalue weighted by Gasteiger charge is -2.11. The Kier molecular flexibility index (Phi) is 4.15. The average Bonchev–Trinajstić information content (AvgIpc) is 3.31. The fourth-order valence-corrected chi connectivity index (χ4v) is 3.64. The van der Waals surface area contributed by atoms with E-state index in [1.165, 1.54) is 0 Å². The predicted octanol–water partition coefficient (Wildman–Crippen LogP) is 4.06. The molecule has 0 spiro atoms. The Hall–Kier alpha value is -2.82. The molecule has 0 bridgehead atoms. The number of amides is 1. The first-order valence-electron chi connectivity index (χ1n) is 9.08. The van der Waals surface area contributed by atoms with E-state index in [2.05, 4.69) is 29.5 Å². The first-order valence-corrected chi connectivity index (χ1v) is 9.08. The molecule has 1 aliphatic rings. The topological polar surface area (TPSA) is 60.1 Å². The molecule has 5 heteroatoms. The van der Waals surface area contributed by atoms with Crippen LogP contribution < -0.4 is 5.32 Å². The maximum absolute atomic E-state index is 12.9. The molecule has 5 nitrogen and oxygen atoms in total. The highest BCUT2D eigenvalue weighted by Gasteiger charge is 2.28. The number of para-hydroxylation sites is 1. The predicted molar refractivity (Wildman–Crippen MR) is 99.7 cm³/mol. The number of fused-ring (bicyclic) bond motifs is 1. The van der Waals surface area contributed by atoms with Crippen LogP contribution in [0.5, 0.6) is 0 Å². The minimum absolute atomic E-state index is 0.142. The molecule has 4 rings (SSSR count). The lowest BCUT2D eigenvalue weighted by molar-refractivity contribution is 0.0928. The summed E-state index contributed by atoms with van der Waals surface area (Å²) in [6.07, 6.45) is 2.92. The van der Waals surface area contributed by atoms with Crippen LogP contribution in [0.4, 0.5) is 0 Å². The van der Waals surface area contributed by atoms with Crippen molar-refractivity contribution in [3.8, 4) is 5.69 Å². The van der Waals surface area contributed by atoms with Crippen LogP contribution in [-0.4, -0.2) is 15.7 Å². The van der Waals surface area contributed by atoms with Crippen LogP contribution in [0.3, 0.4) is 0 Å². The summed E-state index contributed by atoms with van der Waals surface area (Å²) in [5.74, 6) is 1.45. The normalized spacial score (nSPS) is 14.3.